The standard InChI is InChI=1S/C24H33FO/c1-7-8-14-19-20(15(2)3)24(25)21(16(4)5)22(17(6)26)23(19)18-12-10-9-11-13-18/h9-13,15-17,26H,7-8,14H2,1-6H3. The summed E-state index contributed by atoms with van der Waals surface area (Å²) in [6.45, 7) is 12.1. The fraction of sp³-hybridized carbons (Fsp3) is 0.500. The number of hydrogen-bond acceptors (Lipinski definition) is 1. The van der Waals surface area contributed by atoms with Crippen molar-refractivity contribution in [3.05, 3.63) is 58.4 Å². The first-order valence-electron chi connectivity index (χ1n) is 9.92. The lowest BCUT2D eigenvalue weighted by Crippen LogP contribution is -2.14. The van der Waals surface area contributed by atoms with Gasteiger partial charge in [-0.25, -0.2) is 4.39 Å². The van der Waals surface area contributed by atoms with E-state index in [0.29, 0.717) is 5.56 Å². The largest absolute Gasteiger partial charge is 0.389 e. The van der Waals surface area contributed by atoms with E-state index in [1.165, 1.54) is 0 Å². The van der Waals surface area contributed by atoms with E-state index in [0.717, 1.165) is 47.1 Å². The Kier molecular flexibility index (Phi) is 7.00. The van der Waals surface area contributed by atoms with Gasteiger partial charge in [-0.15, -0.1) is 0 Å². The second-order valence-corrected chi connectivity index (χ2v) is 7.86. The molecule has 1 nitrogen and oxygen atoms in total. The van der Waals surface area contributed by atoms with Crippen LogP contribution in [0, 0.1) is 5.82 Å². The normalized spacial score (nSPS) is 12.8. The van der Waals surface area contributed by atoms with E-state index >= 15 is 4.39 Å². The molecule has 26 heavy (non-hydrogen) atoms. The number of halogens is 1. The molecule has 0 saturated carbocycles. The number of unbranched alkanes of at least 4 members (excludes halogenated alkanes) is 1. The second-order valence-electron chi connectivity index (χ2n) is 7.86. The highest BCUT2D eigenvalue weighted by molar-refractivity contribution is 5.75. The van der Waals surface area contributed by atoms with Crippen LogP contribution >= 0.6 is 0 Å². The topological polar surface area (TPSA) is 20.2 Å². The van der Waals surface area contributed by atoms with Gasteiger partial charge in [0.25, 0.3) is 0 Å². The molecule has 0 bridgehead atoms. The third kappa shape index (κ3) is 4.01. The van der Waals surface area contributed by atoms with Crippen LogP contribution in [-0.4, -0.2) is 5.11 Å². The zero-order valence-corrected chi connectivity index (χ0v) is 17.1. The van der Waals surface area contributed by atoms with Gasteiger partial charge in [0.15, 0.2) is 0 Å². The van der Waals surface area contributed by atoms with Crippen molar-refractivity contribution in [2.45, 2.75) is 78.7 Å². The van der Waals surface area contributed by atoms with Crippen LogP contribution in [0.1, 0.15) is 94.6 Å². The Hall–Kier alpha value is -1.67. The SMILES string of the molecule is CCCCc1c(-c2ccccc2)c(C(C)O)c(C(C)C)c(F)c1C(C)C. The van der Waals surface area contributed by atoms with E-state index in [1.807, 2.05) is 32.0 Å². The van der Waals surface area contributed by atoms with Gasteiger partial charge in [-0.05, 0) is 65.0 Å². The summed E-state index contributed by atoms with van der Waals surface area (Å²) >= 11 is 0. The summed E-state index contributed by atoms with van der Waals surface area (Å²) in [4.78, 5) is 0. The molecule has 1 atom stereocenters. The van der Waals surface area contributed by atoms with Gasteiger partial charge in [-0.3, -0.25) is 0 Å². The van der Waals surface area contributed by atoms with Crippen molar-refractivity contribution in [1.29, 1.82) is 0 Å². The van der Waals surface area contributed by atoms with Crippen molar-refractivity contribution in [3.8, 4) is 11.1 Å². The Labute approximate surface area is 158 Å². The van der Waals surface area contributed by atoms with Gasteiger partial charge >= 0.3 is 0 Å². The van der Waals surface area contributed by atoms with Gasteiger partial charge < -0.3 is 5.11 Å². The van der Waals surface area contributed by atoms with Crippen molar-refractivity contribution in [1.82, 2.24) is 0 Å². The maximum Gasteiger partial charge on any atom is 0.130 e. The lowest BCUT2D eigenvalue weighted by molar-refractivity contribution is 0.197. The summed E-state index contributed by atoms with van der Waals surface area (Å²) < 4.78 is 15.7. The monoisotopic (exact) mass is 356 g/mol. The first-order chi connectivity index (χ1) is 12.3. The fourth-order valence-corrected chi connectivity index (χ4v) is 3.98. The second kappa shape index (κ2) is 8.81. The number of benzene rings is 2. The van der Waals surface area contributed by atoms with Gasteiger partial charge in [0, 0.05) is 0 Å². The van der Waals surface area contributed by atoms with E-state index in [2.05, 4.69) is 32.9 Å². The van der Waals surface area contributed by atoms with E-state index in [1.54, 1.807) is 6.92 Å². The molecule has 1 N–H and O–H groups in total. The molecule has 2 aromatic rings. The van der Waals surface area contributed by atoms with Crippen LogP contribution in [0.4, 0.5) is 4.39 Å². The maximum absolute atomic E-state index is 15.7. The summed E-state index contributed by atoms with van der Waals surface area (Å²) in [5.74, 6) is 0.00124. The number of hydrogen-bond donors (Lipinski definition) is 1. The molecular weight excluding hydrogens is 323 g/mol. The Morgan fingerprint density at radius 3 is 1.92 bits per heavy atom. The molecular formula is C24H33FO. The average Bonchev–Trinajstić information content (AvgIpc) is 2.58. The minimum absolute atomic E-state index is 0.0137. The molecule has 1 unspecified atom stereocenters. The van der Waals surface area contributed by atoms with Crippen molar-refractivity contribution in [2.24, 2.45) is 0 Å². The van der Waals surface area contributed by atoms with Crippen molar-refractivity contribution in [2.75, 3.05) is 0 Å². The minimum Gasteiger partial charge on any atom is -0.389 e. The summed E-state index contributed by atoms with van der Waals surface area (Å²) in [7, 11) is 0. The molecule has 0 fully saturated rings. The number of rotatable bonds is 7. The first kappa shape index (κ1) is 20.6. The predicted molar refractivity (Wildman–Crippen MR) is 109 cm³/mol. The van der Waals surface area contributed by atoms with Gasteiger partial charge in [0.1, 0.15) is 5.82 Å². The number of aliphatic hydroxyl groups excluding tert-OH is 1. The third-order valence-corrected chi connectivity index (χ3v) is 5.07. The van der Waals surface area contributed by atoms with Gasteiger partial charge in [0.05, 0.1) is 6.10 Å². The van der Waals surface area contributed by atoms with E-state index < -0.39 is 6.10 Å². The fourth-order valence-electron chi connectivity index (χ4n) is 3.98. The van der Waals surface area contributed by atoms with Crippen LogP contribution in [0.25, 0.3) is 11.1 Å². The molecule has 0 aliphatic rings. The average molecular weight is 357 g/mol. The first-order valence-corrected chi connectivity index (χ1v) is 9.92. The quantitative estimate of drug-likeness (QED) is 0.559. The molecule has 2 rings (SSSR count). The molecule has 2 aromatic carbocycles. The van der Waals surface area contributed by atoms with Crippen LogP contribution < -0.4 is 0 Å². The lowest BCUT2D eigenvalue weighted by atomic mass is 9.78. The zero-order valence-electron chi connectivity index (χ0n) is 17.1. The minimum atomic E-state index is -0.710. The molecule has 0 heterocycles. The highest BCUT2D eigenvalue weighted by Crippen LogP contribution is 2.43. The molecule has 0 aliphatic carbocycles. The van der Waals surface area contributed by atoms with Crippen molar-refractivity contribution in [3.63, 3.8) is 0 Å². The van der Waals surface area contributed by atoms with Gasteiger partial charge in [0.2, 0.25) is 0 Å². The summed E-state index contributed by atoms with van der Waals surface area (Å²) in [6, 6.07) is 10.2. The molecule has 0 spiro atoms. The Bertz CT molecular complexity index is 730. The molecule has 0 amide bonds. The highest BCUT2D eigenvalue weighted by atomic mass is 19.1. The molecule has 142 valence electrons. The maximum atomic E-state index is 15.7. The van der Waals surface area contributed by atoms with Crippen LogP contribution in [0.2, 0.25) is 0 Å². The van der Waals surface area contributed by atoms with E-state index in [9.17, 15) is 5.11 Å². The van der Waals surface area contributed by atoms with Crippen molar-refractivity contribution < 1.29 is 9.50 Å². The molecule has 0 saturated heterocycles. The highest BCUT2D eigenvalue weighted by Gasteiger charge is 2.28. The number of aliphatic hydroxyl groups is 1. The van der Waals surface area contributed by atoms with Crippen molar-refractivity contribution >= 4 is 0 Å². The molecule has 2 heteroatoms. The van der Waals surface area contributed by atoms with E-state index in [4.69, 9.17) is 0 Å². The van der Waals surface area contributed by atoms with Crippen LogP contribution in [-0.2, 0) is 6.42 Å². The molecule has 0 aliphatic heterocycles. The van der Waals surface area contributed by atoms with Gasteiger partial charge in [-0.1, -0.05) is 71.4 Å². The Morgan fingerprint density at radius 1 is 0.885 bits per heavy atom. The van der Waals surface area contributed by atoms with Gasteiger partial charge in [-0.2, -0.15) is 0 Å². The zero-order chi connectivity index (χ0) is 19.4. The Balaban J connectivity index is 2.99. The summed E-state index contributed by atoms with van der Waals surface area (Å²) in [6.07, 6.45) is 2.20. The third-order valence-electron chi connectivity index (χ3n) is 5.07. The predicted octanol–water partition coefficient (Wildman–Crippen LogP) is 7.14. The summed E-state index contributed by atoms with van der Waals surface area (Å²) in [5.41, 5.74) is 5.44. The smallest absolute Gasteiger partial charge is 0.130 e. The van der Waals surface area contributed by atoms with E-state index in [-0.39, 0.29) is 17.7 Å². The lowest BCUT2D eigenvalue weighted by Gasteiger charge is -2.28. The molecule has 0 aromatic heterocycles. The summed E-state index contributed by atoms with van der Waals surface area (Å²) in [5, 5.41) is 10.6. The molecule has 0 radical (unpaired) electrons. The Morgan fingerprint density at radius 2 is 1.46 bits per heavy atom. The van der Waals surface area contributed by atoms with Crippen LogP contribution in [0.15, 0.2) is 30.3 Å². The van der Waals surface area contributed by atoms with Crippen LogP contribution in [0.5, 0.6) is 0 Å². The van der Waals surface area contributed by atoms with Crippen LogP contribution in [0.3, 0.4) is 0 Å².